The number of nitrogens with zero attached hydrogens (tertiary/aromatic N) is 2. The van der Waals surface area contributed by atoms with Crippen LogP contribution < -0.4 is 0 Å². The van der Waals surface area contributed by atoms with Crippen molar-refractivity contribution in [2.24, 2.45) is 10.2 Å². The third-order valence-corrected chi connectivity index (χ3v) is 3.06. The molecule has 0 spiro atoms. The Morgan fingerprint density at radius 2 is 1.47 bits per heavy atom. The van der Waals surface area contributed by atoms with E-state index in [0.717, 1.165) is 14.6 Å². The predicted molar refractivity (Wildman–Crippen MR) is 74.1 cm³/mol. The summed E-state index contributed by atoms with van der Waals surface area (Å²) in [5.74, 6) is 0.0974. The van der Waals surface area contributed by atoms with E-state index in [9.17, 15) is 5.11 Å². The largest absolute Gasteiger partial charge is 0.506 e. The second-order valence-electron chi connectivity index (χ2n) is 3.31. The second-order valence-corrected chi connectivity index (χ2v) is 5.14. The number of phenols is 1. The minimum absolute atomic E-state index is 0.0974. The van der Waals surface area contributed by atoms with Crippen molar-refractivity contribution in [1.29, 1.82) is 0 Å². The van der Waals surface area contributed by atoms with E-state index in [1.54, 1.807) is 18.2 Å². The molecule has 0 fully saturated rings. The lowest BCUT2D eigenvalue weighted by molar-refractivity contribution is 0.476. The zero-order valence-electron chi connectivity index (χ0n) is 8.64. The summed E-state index contributed by atoms with van der Waals surface area (Å²) in [6, 6.07) is 12.5. The van der Waals surface area contributed by atoms with Crippen molar-refractivity contribution in [1.82, 2.24) is 0 Å². The number of rotatable bonds is 2. The van der Waals surface area contributed by atoms with E-state index in [1.165, 1.54) is 0 Å². The predicted octanol–water partition coefficient (Wildman–Crippen LogP) is 5.33. The highest BCUT2D eigenvalue weighted by molar-refractivity contribution is 9.10. The van der Waals surface area contributed by atoms with E-state index >= 15 is 0 Å². The van der Waals surface area contributed by atoms with E-state index in [4.69, 9.17) is 0 Å². The van der Waals surface area contributed by atoms with Crippen LogP contribution in [0.4, 0.5) is 11.4 Å². The van der Waals surface area contributed by atoms with Crippen LogP contribution in [0.3, 0.4) is 0 Å². The lowest BCUT2D eigenvalue weighted by Gasteiger charge is -1.98. The van der Waals surface area contributed by atoms with Gasteiger partial charge >= 0.3 is 0 Å². The molecule has 1 N–H and O–H groups in total. The van der Waals surface area contributed by atoms with E-state index < -0.39 is 0 Å². The molecule has 17 heavy (non-hydrogen) atoms. The van der Waals surface area contributed by atoms with Crippen LogP contribution in [0.2, 0.25) is 0 Å². The summed E-state index contributed by atoms with van der Waals surface area (Å²) in [6.45, 7) is 0. The van der Waals surface area contributed by atoms with Gasteiger partial charge in [0, 0.05) is 8.95 Å². The van der Waals surface area contributed by atoms with Gasteiger partial charge in [0.15, 0.2) is 0 Å². The number of azo groups is 1. The van der Waals surface area contributed by atoms with Gasteiger partial charge in [-0.25, -0.2) is 0 Å². The first-order valence-electron chi connectivity index (χ1n) is 4.81. The SMILES string of the molecule is Oc1cc(Br)ccc1N=Nc1ccc(Br)cc1. The van der Waals surface area contributed by atoms with Gasteiger partial charge in [-0.2, -0.15) is 5.11 Å². The van der Waals surface area contributed by atoms with Crippen LogP contribution in [-0.4, -0.2) is 5.11 Å². The molecule has 5 heteroatoms. The molecule has 0 radical (unpaired) electrons. The molecular weight excluding hydrogens is 348 g/mol. The van der Waals surface area contributed by atoms with Crippen LogP contribution in [-0.2, 0) is 0 Å². The Morgan fingerprint density at radius 3 is 2.12 bits per heavy atom. The van der Waals surface area contributed by atoms with Crippen molar-refractivity contribution in [2.45, 2.75) is 0 Å². The fraction of sp³-hybridized carbons (Fsp3) is 0. The Kier molecular flexibility index (Phi) is 3.91. The van der Waals surface area contributed by atoms with E-state index in [-0.39, 0.29) is 5.75 Å². The smallest absolute Gasteiger partial charge is 0.144 e. The molecule has 0 saturated carbocycles. The van der Waals surface area contributed by atoms with E-state index in [1.807, 2.05) is 24.3 Å². The standard InChI is InChI=1S/C12H8Br2N2O/c13-8-1-4-10(5-2-8)15-16-11-6-3-9(14)7-12(11)17/h1-7,17H. The third-order valence-electron chi connectivity index (χ3n) is 2.04. The summed E-state index contributed by atoms with van der Waals surface area (Å²) in [5.41, 5.74) is 1.17. The highest BCUT2D eigenvalue weighted by atomic mass is 79.9. The molecule has 0 aliphatic heterocycles. The molecule has 0 aromatic heterocycles. The average molecular weight is 356 g/mol. The van der Waals surface area contributed by atoms with Crippen molar-refractivity contribution in [2.75, 3.05) is 0 Å². The van der Waals surface area contributed by atoms with Crippen molar-refractivity contribution < 1.29 is 5.11 Å². The van der Waals surface area contributed by atoms with Crippen LogP contribution in [0, 0.1) is 0 Å². The van der Waals surface area contributed by atoms with Crippen molar-refractivity contribution in [3.8, 4) is 5.75 Å². The number of hydrogen-bond acceptors (Lipinski definition) is 3. The fourth-order valence-electron chi connectivity index (χ4n) is 1.20. The zero-order chi connectivity index (χ0) is 12.3. The maximum absolute atomic E-state index is 9.62. The minimum Gasteiger partial charge on any atom is -0.506 e. The molecule has 86 valence electrons. The molecule has 0 unspecified atom stereocenters. The fourth-order valence-corrected chi connectivity index (χ4v) is 1.81. The molecule has 2 aromatic rings. The molecule has 0 bridgehead atoms. The van der Waals surface area contributed by atoms with Gasteiger partial charge in [-0.3, -0.25) is 0 Å². The van der Waals surface area contributed by atoms with Crippen molar-refractivity contribution in [3.63, 3.8) is 0 Å². The molecule has 2 aromatic carbocycles. The van der Waals surface area contributed by atoms with Gasteiger partial charge in [0.2, 0.25) is 0 Å². The Morgan fingerprint density at radius 1 is 0.824 bits per heavy atom. The van der Waals surface area contributed by atoms with E-state index in [2.05, 4.69) is 42.1 Å². The van der Waals surface area contributed by atoms with Crippen LogP contribution in [0.5, 0.6) is 5.75 Å². The van der Waals surface area contributed by atoms with Gasteiger partial charge in [0.05, 0.1) is 5.69 Å². The summed E-state index contributed by atoms with van der Waals surface area (Å²) in [5, 5.41) is 17.6. The highest BCUT2D eigenvalue weighted by Gasteiger charge is 1.99. The average Bonchev–Trinajstić information content (AvgIpc) is 2.30. The Balaban J connectivity index is 2.23. The van der Waals surface area contributed by atoms with Gasteiger partial charge in [-0.15, -0.1) is 5.11 Å². The van der Waals surface area contributed by atoms with Crippen LogP contribution in [0.1, 0.15) is 0 Å². The van der Waals surface area contributed by atoms with E-state index in [0.29, 0.717) is 5.69 Å². The summed E-state index contributed by atoms with van der Waals surface area (Å²) in [4.78, 5) is 0. The lowest BCUT2D eigenvalue weighted by Crippen LogP contribution is -1.69. The number of benzene rings is 2. The summed E-state index contributed by atoms with van der Waals surface area (Å²) < 4.78 is 1.79. The number of halogens is 2. The number of phenolic OH excluding ortho intramolecular Hbond substituents is 1. The molecule has 0 aliphatic carbocycles. The summed E-state index contributed by atoms with van der Waals surface area (Å²) >= 11 is 6.61. The molecule has 0 amide bonds. The number of aromatic hydroxyl groups is 1. The molecule has 0 atom stereocenters. The van der Waals surface area contributed by atoms with Gasteiger partial charge in [0.1, 0.15) is 11.4 Å². The van der Waals surface area contributed by atoms with Crippen LogP contribution >= 0.6 is 31.9 Å². The first kappa shape index (κ1) is 12.3. The molecule has 0 saturated heterocycles. The number of hydrogen-bond donors (Lipinski definition) is 1. The first-order chi connectivity index (χ1) is 8.15. The quantitative estimate of drug-likeness (QED) is 0.726. The summed E-state index contributed by atoms with van der Waals surface area (Å²) in [7, 11) is 0. The van der Waals surface area contributed by atoms with Gasteiger partial charge in [0.25, 0.3) is 0 Å². The van der Waals surface area contributed by atoms with Gasteiger partial charge in [-0.05, 0) is 42.5 Å². The third kappa shape index (κ3) is 3.38. The normalized spacial score (nSPS) is 10.9. The van der Waals surface area contributed by atoms with Crippen LogP contribution in [0.25, 0.3) is 0 Å². The molecule has 3 nitrogen and oxygen atoms in total. The molecule has 0 aliphatic rings. The Hall–Kier alpha value is -1.20. The Bertz CT molecular complexity index is 553. The van der Waals surface area contributed by atoms with Crippen molar-refractivity contribution in [3.05, 3.63) is 51.4 Å². The molecular formula is C12H8Br2N2O. The Labute approximate surface area is 115 Å². The lowest BCUT2D eigenvalue weighted by atomic mass is 10.3. The maximum Gasteiger partial charge on any atom is 0.144 e. The second kappa shape index (κ2) is 5.42. The summed E-state index contributed by atoms with van der Waals surface area (Å²) in [6.07, 6.45) is 0. The maximum atomic E-state index is 9.62. The van der Waals surface area contributed by atoms with Gasteiger partial charge in [-0.1, -0.05) is 31.9 Å². The highest BCUT2D eigenvalue weighted by Crippen LogP contribution is 2.30. The van der Waals surface area contributed by atoms with Crippen LogP contribution in [0.15, 0.2) is 61.6 Å². The minimum atomic E-state index is 0.0974. The first-order valence-corrected chi connectivity index (χ1v) is 6.39. The monoisotopic (exact) mass is 354 g/mol. The van der Waals surface area contributed by atoms with Crippen molar-refractivity contribution >= 4 is 43.2 Å². The topological polar surface area (TPSA) is 45.0 Å². The molecule has 2 rings (SSSR count). The molecule has 0 heterocycles. The van der Waals surface area contributed by atoms with Gasteiger partial charge < -0.3 is 5.11 Å². The zero-order valence-corrected chi connectivity index (χ0v) is 11.8.